The average Bonchev–Trinajstić information content (AvgIpc) is 2.10. The SMILES string of the molecule is c1ccc(B2c3ccccc3-c3ccccc3N2c2ccc(-c3cc(-c4cccc(S(c5ccccc5)(c5ccccc5)c5ccccc5)c4)cc(-c4cccc(S(c5ccccc5)(c5ccccc5)c5ccccc5)c4)n3)cc2)cc1. The molecule has 390 valence electrons. The maximum Gasteiger partial charge on any atom is 0.328 e. The van der Waals surface area contributed by atoms with E-state index in [4.69, 9.17) is 4.98 Å². The van der Waals surface area contributed by atoms with Gasteiger partial charge in [-0.3, -0.25) is 0 Å². The van der Waals surface area contributed by atoms with Gasteiger partial charge in [0, 0.05) is 67.2 Å². The molecule has 0 N–H and O–H groups in total. The first-order valence-electron chi connectivity index (χ1n) is 28.0. The van der Waals surface area contributed by atoms with E-state index < -0.39 is 20.1 Å². The van der Waals surface area contributed by atoms with E-state index in [2.05, 4.69) is 351 Å². The van der Waals surface area contributed by atoms with Gasteiger partial charge in [0.25, 0.3) is 0 Å². The van der Waals surface area contributed by atoms with Crippen LogP contribution in [0.4, 0.5) is 11.4 Å². The smallest absolute Gasteiger partial charge is 0.328 e. The summed E-state index contributed by atoms with van der Waals surface area (Å²) in [4.78, 5) is 18.4. The minimum atomic E-state index is -1.98. The van der Waals surface area contributed by atoms with Crippen LogP contribution in [0.1, 0.15) is 0 Å². The summed E-state index contributed by atoms with van der Waals surface area (Å²) in [6.07, 6.45) is 0. The van der Waals surface area contributed by atoms with Crippen molar-refractivity contribution in [2.75, 3.05) is 4.81 Å². The van der Waals surface area contributed by atoms with E-state index in [-0.39, 0.29) is 6.85 Å². The monoisotopic (exact) mass is 1080 g/mol. The number of benzene rings is 12. The lowest BCUT2D eigenvalue weighted by Crippen LogP contribution is -2.57. The van der Waals surface area contributed by atoms with Gasteiger partial charge in [-0.1, -0.05) is 224 Å². The van der Waals surface area contributed by atoms with Gasteiger partial charge in [0.1, 0.15) is 0 Å². The van der Waals surface area contributed by atoms with Gasteiger partial charge >= 0.3 is 6.85 Å². The van der Waals surface area contributed by atoms with Crippen molar-refractivity contribution in [3.05, 3.63) is 346 Å². The largest absolute Gasteiger partial charge is 0.376 e. The van der Waals surface area contributed by atoms with Gasteiger partial charge in [0.05, 0.1) is 11.4 Å². The first-order chi connectivity index (χ1) is 40.7. The summed E-state index contributed by atoms with van der Waals surface area (Å²) in [5.41, 5.74) is 13.5. The van der Waals surface area contributed by atoms with E-state index in [1.807, 2.05) is 0 Å². The van der Waals surface area contributed by atoms with Crippen LogP contribution in [0.2, 0.25) is 0 Å². The lowest BCUT2D eigenvalue weighted by molar-refractivity contribution is 1.23. The third kappa shape index (κ3) is 8.96. The summed E-state index contributed by atoms with van der Waals surface area (Å²) in [7, 11) is -3.94. The maximum absolute atomic E-state index is 5.73. The fourth-order valence-corrected chi connectivity index (χ4v) is 20.1. The Morgan fingerprint density at radius 3 is 1.10 bits per heavy atom. The van der Waals surface area contributed by atoms with E-state index in [9.17, 15) is 0 Å². The van der Waals surface area contributed by atoms with Gasteiger partial charge in [0.2, 0.25) is 0 Å². The Balaban J connectivity index is 0.970. The highest BCUT2D eigenvalue weighted by Gasteiger charge is 2.38. The molecule has 0 saturated carbocycles. The van der Waals surface area contributed by atoms with Gasteiger partial charge in [0.15, 0.2) is 0 Å². The van der Waals surface area contributed by atoms with Crippen LogP contribution in [0.5, 0.6) is 0 Å². The minimum absolute atomic E-state index is 0.0282. The highest BCUT2D eigenvalue weighted by atomic mass is 32.3. The number of anilines is 2. The molecule has 13 aromatic rings. The topological polar surface area (TPSA) is 16.1 Å². The maximum atomic E-state index is 5.73. The number of nitrogens with zero attached hydrogens (tertiary/aromatic N) is 2. The van der Waals surface area contributed by atoms with Crippen molar-refractivity contribution in [2.45, 2.75) is 39.2 Å². The lowest BCUT2D eigenvalue weighted by atomic mass is 9.46. The first kappa shape index (κ1) is 50.6. The molecule has 0 radical (unpaired) electrons. The summed E-state index contributed by atoms with van der Waals surface area (Å²) in [5, 5.41) is 0. The second-order valence-electron chi connectivity index (χ2n) is 20.6. The molecule has 1 aromatic heterocycles. The van der Waals surface area contributed by atoms with Gasteiger partial charge in [-0.2, -0.15) is 0 Å². The number of rotatable bonds is 13. The molecule has 2 heterocycles. The van der Waals surface area contributed by atoms with Crippen molar-refractivity contribution < 1.29 is 0 Å². The zero-order valence-corrected chi connectivity index (χ0v) is 46.8. The predicted molar refractivity (Wildman–Crippen MR) is 346 cm³/mol. The van der Waals surface area contributed by atoms with Crippen molar-refractivity contribution in [2.24, 2.45) is 0 Å². The average molecular weight is 1090 g/mol. The van der Waals surface area contributed by atoms with Crippen molar-refractivity contribution >= 4 is 49.2 Å². The Morgan fingerprint density at radius 2 is 0.622 bits per heavy atom. The molecule has 0 saturated heterocycles. The molecule has 82 heavy (non-hydrogen) atoms. The lowest BCUT2D eigenvalue weighted by Gasteiger charge is -2.42. The summed E-state index contributed by atoms with van der Waals surface area (Å²) < 4.78 is 0. The van der Waals surface area contributed by atoms with Crippen LogP contribution in [0.3, 0.4) is 0 Å². The fourth-order valence-electron chi connectivity index (χ4n) is 12.3. The van der Waals surface area contributed by atoms with Crippen LogP contribution >= 0.6 is 20.1 Å². The quantitative estimate of drug-likeness (QED) is 0.107. The Kier molecular flexibility index (Phi) is 13.6. The summed E-state index contributed by atoms with van der Waals surface area (Å²) in [6, 6.07) is 128. The highest BCUT2D eigenvalue weighted by molar-refractivity contribution is 8.34. The van der Waals surface area contributed by atoms with Gasteiger partial charge in [-0.25, -0.2) is 4.98 Å². The van der Waals surface area contributed by atoms with E-state index in [0.29, 0.717) is 0 Å². The molecule has 0 amide bonds. The number of fused-ring (bicyclic) bond motifs is 3. The molecule has 0 spiro atoms. The Hall–Kier alpha value is -9.65. The number of pyridine rings is 1. The predicted octanol–water partition coefficient (Wildman–Crippen LogP) is 19.7. The molecule has 0 bridgehead atoms. The van der Waals surface area contributed by atoms with E-state index in [0.717, 1.165) is 39.3 Å². The second kappa shape index (κ2) is 22.1. The fraction of sp³-hybridized carbons (Fsp3) is 0. The van der Waals surface area contributed by atoms with Gasteiger partial charge < -0.3 is 4.81 Å². The molecule has 14 rings (SSSR count). The van der Waals surface area contributed by atoms with Gasteiger partial charge in [-0.05, 0) is 150 Å². The first-order valence-corrected chi connectivity index (χ1v) is 31.3. The molecule has 12 aromatic carbocycles. The standard InChI is InChI=1S/C77H57BN2S2/c1-8-30-62(31-9-1)78-74-48-24-22-46-72(74)73-47-23-25-49-77(73)80(78)63-52-50-58(51-53-63)75-56-61(59-28-26-44-70(54-59)81(64-32-10-2-11-33-64,65-34-12-3-13-35-65)66-36-14-4-15-37-66)57-76(79-75)60-29-27-45-71(55-60)82(67-38-16-5-17-39-67,68-40-18-6-19-41-68)69-42-20-7-21-43-69/h1-57H. The van der Waals surface area contributed by atoms with Crippen LogP contribution < -0.4 is 15.7 Å². The molecular formula is C77H57BN2S2. The van der Waals surface area contributed by atoms with Crippen molar-refractivity contribution in [3.8, 4) is 44.8 Å². The minimum Gasteiger partial charge on any atom is -0.376 e. The molecular weight excluding hydrogens is 1030 g/mol. The van der Waals surface area contributed by atoms with Crippen LogP contribution in [-0.2, 0) is 0 Å². The van der Waals surface area contributed by atoms with Gasteiger partial charge in [-0.15, -0.1) is 20.1 Å². The zero-order valence-electron chi connectivity index (χ0n) is 45.2. The van der Waals surface area contributed by atoms with Crippen LogP contribution in [0.15, 0.2) is 385 Å². The third-order valence-electron chi connectivity index (χ3n) is 15.9. The summed E-state index contributed by atoms with van der Waals surface area (Å²) >= 11 is 0. The molecule has 0 unspecified atom stereocenters. The van der Waals surface area contributed by atoms with Crippen molar-refractivity contribution in [1.82, 2.24) is 4.98 Å². The van der Waals surface area contributed by atoms with E-state index in [1.54, 1.807) is 0 Å². The summed E-state index contributed by atoms with van der Waals surface area (Å²) in [5.74, 6) is 0. The molecule has 1 aliphatic heterocycles. The summed E-state index contributed by atoms with van der Waals surface area (Å²) in [6.45, 7) is -0.0282. The molecule has 5 heteroatoms. The van der Waals surface area contributed by atoms with Crippen LogP contribution in [0, 0.1) is 0 Å². The highest BCUT2D eigenvalue weighted by Crippen LogP contribution is 2.75. The number of hydrogen-bond donors (Lipinski definition) is 0. The second-order valence-corrected chi connectivity index (χ2v) is 26.8. The van der Waals surface area contributed by atoms with Crippen LogP contribution in [-0.4, -0.2) is 11.8 Å². The Morgan fingerprint density at radius 1 is 0.256 bits per heavy atom. The normalized spacial score (nSPS) is 12.5. The number of aromatic nitrogens is 1. The van der Waals surface area contributed by atoms with Crippen molar-refractivity contribution in [1.29, 1.82) is 0 Å². The molecule has 0 aliphatic carbocycles. The van der Waals surface area contributed by atoms with Crippen molar-refractivity contribution in [3.63, 3.8) is 0 Å². The Labute approximate surface area is 485 Å². The molecule has 1 aliphatic rings. The zero-order chi connectivity index (χ0) is 54.7. The third-order valence-corrected chi connectivity index (χ3v) is 23.7. The molecule has 0 fully saturated rings. The van der Waals surface area contributed by atoms with E-state index >= 15 is 0 Å². The number of hydrogen-bond acceptors (Lipinski definition) is 2. The van der Waals surface area contributed by atoms with Crippen LogP contribution in [0.25, 0.3) is 44.8 Å². The van der Waals surface area contributed by atoms with E-state index in [1.165, 1.54) is 66.9 Å². The molecule has 0 atom stereocenters. The Bertz CT molecular complexity index is 3940. The number of para-hydroxylation sites is 1. The molecule has 2 nitrogen and oxygen atoms in total.